The number of hydrogen-bond acceptors (Lipinski definition) is 4. The van der Waals surface area contributed by atoms with Crippen LogP contribution in [0, 0.1) is 11.6 Å². The van der Waals surface area contributed by atoms with E-state index in [0.717, 1.165) is 22.5 Å². The van der Waals surface area contributed by atoms with Gasteiger partial charge in [-0.2, -0.15) is 0 Å². The van der Waals surface area contributed by atoms with E-state index in [1.807, 2.05) is 0 Å². The molecule has 0 aliphatic carbocycles. The minimum Gasteiger partial charge on any atom is -0.493 e. The van der Waals surface area contributed by atoms with Gasteiger partial charge in [0.25, 0.3) is 10.0 Å². The quantitative estimate of drug-likeness (QED) is 0.176. The smallest absolute Gasteiger partial charge is 0.264 e. The second-order valence-electron chi connectivity index (χ2n) is 8.88. The van der Waals surface area contributed by atoms with E-state index in [1.165, 1.54) is 30.3 Å². The normalized spacial score (nSPS) is 12.4. The van der Waals surface area contributed by atoms with Crippen molar-refractivity contribution in [2.45, 2.75) is 37.6 Å². The average molecular weight is 577 g/mol. The van der Waals surface area contributed by atoms with E-state index in [1.54, 1.807) is 56.1 Å². The number of unbranched alkanes of at least 4 members (excludes halogenated alkanes) is 1. The summed E-state index contributed by atoms with van der Waals surface area (Å²) in [4.78, 5) is 13.4. The maximum absolute atomic E-state index is 15.0. The molecule has 39 heavy (non-hydrogen) atoms. The second kappa shape index (κ2) is 13.6. The summed E-state index contributed by atoms with van der Waals surface area (Å²) in [5, 5.41) is 0.335. The molecule has 0 bridgehead atoms. The van der Waals surface area contributed by atoms with E-state index >= 15 is 4.39 Å². The number of anilines is 1. The fraction of sp³-hybridized carbons (Fsp3) is 0.276. The molecule has 0 aliphatic rings. The molecule has 0 aliphatic heterocycles. The maximum Gasteiger partial charge on any atom is 0.264 e. The fourth-order valence-electron chi connectivity index (χ4n) is 4.02. The van der Waals surface area contributed by atoms with Crippen LogP contribution >= 0.6 is 11.6 Å². The Kier molecular flexibility index (Phi) is 10.5. The Balaban J connectivity index is 1.89. The first-order valence-electron chi connectivity index (χ1n) is 12.4. The van der Waals surface area contributed by atoms with Crippen LogP contribution in [0.1, 0.15) is 38.3 Å². The summed E-state index contributed by atoms with van der Waals surface area (Å²) in [6, 6.07) is 14.0. The fourth-order valence-corrected chi connectivity index (χ4v) is 5.78. The molecule has 0 saturated heterocycles. The summed E-state index contributed by atoms with van der Waals surface area (Å²) in [7, 11) is -2.63. The minimum absolute atomic E-state index is 0.0795. The molecule has 6 nitrogen and oxygen atoms in total. The summed E-state index contributed by atoms with van der Waals surface area (Å²) >= 11 is 5.94. The SMILES string of the molecule is C/C=C/C(=O)N(C)CCCCOc1ccccc1C(C)N(c1cc(F)ccc1F)S(=O)(=O)c1ccc(Cl)cc1. The zero-order valence-electron chi connectivity index (χ0n) is 22.0. The third kappa shape index (κ3) is 7.58. The standard InChI is InChI=1S/C29H31ClF2N2O4S/c1-4-9-29(35)33(3)18-7-8-19-38-28-11-6-5-10-25(28)21(2)34(27-20-23(31)14-17-26(27)32)39(36,37)24-15-12-22(30)13-16-24/h4-6,9-17,20-21H,7-8,18-19H2,1-3H3/b9-4+. The first-order valence-corrected chi connectivity index (χ1v) is 14.2. The summed E-state index contributed by atoms with van der Waals surface area (Å²) < 4.78 is 63.7. The van der Waals surface area contributed by atoms with Gasteiger partial charge in [-0.1, -0.05) is 35.9 Å². The Morgan fingerprint density at radius 1 is 1.05 bits per heavy atom. The van der Waals surface area contributed by atoms with Crippen molar-refractivity contribution in [3.8, 4) is 5.75 Å². The van der Waals surface area contributed by atoms with Crippen molar-refractivity contribution >= 4 is 33.2 Å². The van der Waals surface area contributed by atoms with E-state index in [-0.39, 0.29) is 10.8 Å². The van der Waals surface area contributed by atoms with Gasteiger partial charge in [-0.05, 0) is 75.2 Å². The molecule has 1 unspecified atom stereocenters. The highest BCUT2D eigenvalue weighted by Crippen LogP contribution is 2.38. The van der Waals surface area contributed by atoms with Gasteiger partial charge < -0.3 is 9.64 Å². The lowest BCUT2D eigenvalue weighted by atomic mass is 10.1. The zero-order chi connectivity index (χ0) is 28.6. The van der Waals surface area contributed by atoms with E-state index < -0.39 is 33.4 Å². The summed E-state index contributed by atoms with van der Waals surface area (Å²) in [5.41, 5.74) is 0.0418. The Hall–Kier alpha value is -3.43. The number of likely N-dealkylation sites (N-methyl/N-ethyl adjacent to an activating group) is 1. The average Bonchev–Trinajstić information content (AvgIpc) is 2.91. The number of halogens is 3. The summed E-state index contributed by atoms with van der Waals surface area (Å²) in [5.74, 6) is -1.34. The van der Waals surface area contributed by atoms with Crippen LogP contribution in [0.4, 0.5) is 14.5 Å². The first-order chi connectivity index (χ1) is 18.6. The molecule has 0 saturated carbocycles. The second-order valence-corrected chi connectivity index (χ2v) is 11.1. The Morgan fingerprint density at radius 3 is 2.44 bits per heavy atom. The minimum atomic E-state index is -4.36. The van der Waals surface area contributed by atoms with Crippen molar-refractivity contribution in [3.05, 3.63) is 101 Å². The van der Waals surface area contributed by atoms with Crippen molar-refractivity contribution in [2.24, 2.45) is 0 Å². The van der Waals surface area contributed by atoms with E-state index in [2.05, 4.69) is 0 Å². The Labute approximate surface area is 233 Å². The summed E-state index contributed by atoms with van der Waals surface area (Å²) in [6.45, 7) is 4.23. The van der Waals surface area contributed by atoms with Gasteiger partial charge in [-0.3, -0.25) is 9.10 Å². The van der Waals surface area contributed by atoms with Crippen LogP contribution < -0.4 is 9.04 Å². The number of hydrogen-bond donors (Lipinski definition) is 0. The van der Waals surface area contributed by atoms with Gasteiger partial charge in [-0.15, -0.1) is 0 Å². The largest absolute Gasteiger partial charge is 0.493 e. The van der Waals surface area contributed by atoms with Crippen LogP contribution in [0.3, 0.4) is 0 Å². The van der Waals surface area contributed by atoms with Crippen molar-refractivity contribution in [2.75, 3.05) is 24.5 Å². The highest BCUT2D eigenvalue weighted by Gasteiger charge is 2.34. The number of ether oxygens (including phenoxy) is 1. The molecule has 1 amide bonds. The van der Waals surface area contributed by atoms with Crippen LogP contribution in [-0.4, -0.2) is 39.4 Å². The van der Waals surface area contributed by atoms with Crippen molar-refractivity contribution < 1.29 is 26.7 Å². The van der Waals surface area contributed by atoms with Gasteiger partial charge in [0.1, 0.15) is 17.4 Å². The number of benzene rings is 3. The number of amides is 1. The monoisotopic (exact) mass is 576 g/mol. The lowest BCUT2D eigenvalue weighted by Gasteiger charge is -2.32. The van der Waals surface area contributed by atoms with E-state index in [9.17, 15) is 17.6 Å². The molecule has 1 atom stereocenters. The topological polar surface area (TPSA) is 66.9 Å². The van der Waals surface area contributed by atoms with Crippen LogP contribution in [-0.2, 0) is 14.8 Å². The van der Waals surface area contributed by atoms with Gasteiger partial charge in [0.2, 0.25) is 5.91 Å². The van der Waals surface area contributed by atoms with E-state index in [0.29, 0.717) is 42.3 Å². The molecule has 3 rings (SSSR count). The molecular weight excluding hydrogens is 546 g/mol. The molecule has 208 valence electrons. The number of rotatable bonds is 12. The van der Waals surface area contributed by atoms with Gasteiger partial charge >= 0.3 is 0 Å². The van der Waals surface area contributed by atoms with Crippen molar-refractivity contribution in [1.29, 1.82) is 0 Å². The van der Waals surface area contributed by atoms with Gasteiger partial charge in [0.05, 0.1) is 23.2 Å². The number of carbonyl (C=O) groups is 1. The van der Waals surface area contributed by atoms with Crippen molar-refractivity contribution in [1.82, 2.24) is 4.90 Å². The molecule has 0 heterocycles. The number of allylic oxidation sites excluding steroid dienone is 1. The lowest BCUT2D eigenvalue weighted by molar-refractivity contribution is -0.124. The molecule has 0 aromatic heterocycles. The van der Waals surface area contributed by atoms with Crippen molar-refractivity contribution in [3.63, 3.8) is 0 Å². The Morgan fingerprint density at radius 2 is 1.74 bits per heavy atom. The molecule has 3 aromatic carbocycles. The predicted molar refractivity (Wildman–Crippen MR) is 150 cm³/mol. The molecule has 10 heteroatoms. The third-order valence-corrected chi connectivity index (χ3v) is 8.22. The summed E-state index contributed by atoms with van der Waals surface area (Å²) in [6.07, 6.45) is 4.52. The maximum atomic E-state index is 15.0. The van der Waals surface area contributed by atoms with E-state index in [4.69, 9.17) is 16.3 Å². The van der Waals surface area contributed by atoms with Crippen LogP contribution in [0.15, 0.2) is 83.8 Å². The zero-order valence-corrected chi connectivity index (χ0v) is 23.6. The molecule has 0 fully saturated rings. The van der Waals surface area contributed by atoms with Gasteiger partial charge in [-0.25, -0.2) is 17.2 Å². The third-order valence-electron chi connectivity index (χ3n) is 6.07. The predicted octanol–water partition coefficient (Wildman–Crippen LogP) is 6.77. The van der Waals surface area contributed by atoms with Crippen LogP contribution in [0.5, 0.6) is 5.75 Å². The number of sulfonamides is 1. The number of carbonyl (C=O) groups excluding carboxylic acids is 1. The van der Waals surface area contributed by atoms with Crippen LogP contribution in [0.2, 0.25) is 5.02 Å². The highest BCUT2D eigenvalue weighted by molar-refractivity contribution is 7.92. The van der Waals surface area contributed by atoms with Gasteiger partial charge in [0.15, 0.2) is 0 Å². The number of para-hydroxylation sites is 1. The molecular formula is C29H31ClF2N2O4S. The first kappa shape index (κ1) is 30.1. The molecule has 0 N–H and O–H groups in total. The number of nitrogens with zero attached hydrogens (tertiary/aromatic N) is 2. The van der Waals surface area contributed by atoms with Crippen LogP contribution in [0.25, 0.3) is 0 Å². The van der Waals surface area contributed by atoms with Gasteiger partial charge in [0, 0.05) is 30.2 Å². The molecule has 0 spiro atoms. The molecule has 3 aromatic rings. The Bertz CT molecular complexity index is 1420. The highest BCUT2D eigenvalue weighted by atomic mass is 35.5. The molecule has 0 radical (unpaired) electrons. The lowest BCUT2D eigenvalue weighted by Crippen LogP contribution is -2.34.